The monoisotopic (exact) mass is 770 g/mol. The van der Waals surface area contributed by atoms with Crippen molar-refractivity contribution in [1.29, 1.82) is 0 Å². The van der Waals surface area contributed by atoms with Gasteiger partial charge in [0.05, 0.1) is 12.3 Å². The normalized spacial score (nSPS) is 20.0. The largest absolute Gasteiger partial charge is 0.329 e. The van der Waals surface area contributed by atoms with E-state index in [0.717, 1.165) is 48.0 Å². The molecule has 0 aromatic heterocycles. The average molecular weight is 772 g/mol. The number of hydrogen-bond donors (Lipinski definition) is 4. The minimum Gasteiger partial charge on any atom is -0.324 e. The SMILES string of the molecule is CCCCC1=C(C(C)(C)C)C(=O)C(C(C)(C)C)C=C1CP(=O)(O)O.CCCCC1=C(C(C)(C)C)C(=O)C(C(C)(C)C)C=C1CP(=O)(O)O.[Ni]. The molecule has 2 unspecified atom stereocenters. The van der Waals surface area contributed by atoms with E-state index in [4.69, 9.17) is 0 Å². The van der Waals surface area contributed by atoms with Gasteiger partial charge in [0.15, 0.2) is 11.6 Å². The summed E-state index contributed by atoms with van der Waals surface area (Å²) >= 11 is 0. The molecule has 0 aliphatic heterocycles. The summed E-state index contributed by atoms with van der Waals surface area (Å²) in [5.74, 6) is -0.483. The predicted molar refractivity (Wildman–Crippen MR) is 198 cm³/mol. The van der Waals surface area contributed by atoms with Crippen molar-refractivity contribution in [2.24, 2.45) is 33.5 Å². The van der Waals surface area contributed by atoms with Crippen LogP contribution in [-0.2, 0) is 35.2 Å². The van der Waals surface area contributed by atoms with Gasteiger partial charge in [-0.2, -0.15) is 0 Å². The van der Waals surface area contributed by atoms with Crippen LogP contribution in [0.25, 0.3) is 0 Å². The third-order valence-electron chi connectivity index (χ3n) is 8.85. The van der Waals surface area contributed by atoms with Gasteiger partial charge in [-0.15, -0.1) is 0 Å². The number of carbonyl (C=O) groups is 2. The fraction of sp³-hybridized carbons (Fsp3) is 0.737. The molecule has 0 fully saturated rings. The van der Waals surface area contributed by atoms with Crippen LogP contribution < -0.4 is 0 Å². The molecule has 8 nitrogen and oxygen atoms in total. The Morgan fingerprint density at radius 3 is 1.02 bits per heavy atom. The number of allylic oxidation sites excluding steroid dienone is 8. The topological polar surface area (TPSA) is 149 Å². The molecule has 2 rings (SSSR count). The van der Waals surface area contributed by atoms with Crippen molar-refractivity contribution >= 4 is 26.8 Å². The van der Waals surface area contributed by atoms with Crippen molar-refractivity contribution in [3.63, 3.8) is 0 Å². The van der Waals surface area contributed by atoms with E-state index in [2.05, 4.69) is 13.8 Å². The molecule has 0 saturated heterocycles. The number of Topliss-reactive ketones (excluding diaryl/α,β-unsaturated/α-hetero) is 2. The summed E-state index contributed by atoms with van der Waals surface area (Å²) in [5.41, 5.74) is 3.28. The zero-order valence-corrected chi connectivity index (χ0v) is 35.4. The van der Waals surface area contributed by atoms with Gasteiger partial charge in [0.1, 0.15) is 0 Å². The molecule has 0 aromatic carbocycles. The zero-order chi connectivity index (χ0) is 37.8. The predicted octanol–water partition coefficient (Wildman–Crippen LogP) is 9.73. The standard InChI is InChI=1S/2C19H33O4P.Ni/c2*1-8-9-10-14-13(12-24(21,22)23)11-15(18(2,3)4)17(20)16(14)19(5,6)7;/h2*11,15H,8-10,12H2,1-7H3,(H2,21,22,23);. The fourth-order valence-electron chi connectivity index (χ4n) is 6.63. The Bertz CT molecular complexity index is 1300. The summed E-state index contributed by atoms with van der Waals surface area (Å²) in [6, 6.07) is 0. The minimum atomic E-state index is -4.19. The Morgan fingerprint density at radius 2 is 0.837 bits per heavy atom. The number of hydrogen-bond acceptors (Lipinski definition) is 4. The molecule has 49 heavy (non-hydrogen) atoms. The Balaban J connectivity index is 0.000000922. The first-order valence-electron chi connectivity index (χ1n) is 17.4. The van der Waals surface area contributed by atoms with Crippen LogP contribution in [0.3, 0.4) is 0 Å². The molecule has 286 valence electrons. The Hall–Kier alpha value is -0.906. The number of unbranched alkanes of at least 4 members (excludes halogenated alkanes) is 2. The molecule has 4 N–H and O–H groups in total. The Labute approximate surface area is 307 Å². The molecular formula is C38H66NiO8P2. The molecule has 0 heterocycles. The first-order chi connectivity index (χ1) is 21.4. The third-order valence-corrected chi connectivity index (χ3v) is 10.4. The second-order valence-corrected chi connectivity index (χ2v) is 21.2. The van der Waals surface area contributed by atoms with Crippen molar-refractivity contribution in [2.45, 2.75) is 135 Å². The molecule has 0 spiro atoms. The minimum absolute atomic E-state index is 0. The number of ketones is 2. The Kier molecular flexibility index (Phi) is 17.4. The first-order valence-corrected chi connectivity index (χ1v) is 21.0. The maximum Gasteiger partial charge on any atom is 0.329 e. The summed E-state index contributed by atoms with van der Waals surface area (Å²) in [7, 11) is -8.39. The van der Waals surface area contributed by atoms with Gasteiger partial charge in [-0.05, 0) is 69.6 Å². The van der Waals surface area contributed by atoms with Crippen LogP contribution in [0.4, 0.5) is 0 Å². The van der Waals surface area contributed by atoms with Crippen LogP contribution in [0.2, 0.25) is 0 Å². The van der Waals surface area contributed by atoms with Crippen LogP contribution in [0.1, 0.15) is 135 Å². The van der Waals surface area contributed by atoms with Crippen LogP contribution in [-0.4, -0.2) is 43.5 Å². The van der Waals surface area contributed by atoms with Gasteiger partial charge >= 0.3 is 15.2 Å². The van der Waals surface area contributed by atoms with E-state index in [0.29, 0.717) is 24.0 Å². The van der Waals surface area contributed by atoms with E-state index in [1.807, 2.05) is 95.2 Å². The number of rotatable bonds is 10. The quantitative estimate of drug-likeness (QED) is 0.127. The van der Waals surface area contributed by atoms with Crippen molar-refractivity contribution in [3.05, 3.63) is 45.6 Å². The average Bonchev–Trinajstić information content (AvgIpc) is 2.84. The second-order valence-electron chi connectivity index (χ2n) is 17.9. The zero-order valence-electron chi connectivity index (χ0n) is 32.6. The van der Waals surface area contributed by atoms with Crippen LogP contribution in [0.15, 0.2) is 45.6 Å². The van der Waals surface area contributed by atoms with Gasteiger partial charge < -0.3 is 19.6 Å². The first kappa shape index (κ1) is 48.1. The molecule has 0 radical (unpaired) electrons. The summed E-state index contributed by atoms with van der Waals surface area (Å²) in [6.45, 7) is 28.2. The number of carbonyl (C=O) groups excluding carboxylic acids is 2. The smallest absolute Gasteiger partial charge is 0.324 e. The van der Waals surface area contributed by atoms with Gasteiger partial charge in [-0.1, -0.05) is 122 Å². The van der Waals surface area contributed by atoms with Crippen molar-refractivity contribution in [1.82, 2.24) is 0 Å². The van der Waals surface area contributed by atoms with Crippen molar-refractivity contribution in [2.75, 3.05) is 12.3 Å². The van der Waals surface area contributed by atoms with Crippen molar-refractivity contribution in [3.8, 4) is 0 Å². The van der Waals surface area contributed by atoms with E-state index in [1.54, 1.807) is 0 Å². The van der Waals surface area contributed by atoms with E-state index in [1.165, 1.54) is 0 Å². The van der Waals surface area contributed by atoms with Gasteiger partial charge in [-0.25, -0.2) is 0 Å². The molecule has 0 saturated carbocycles. The summed E-state index contributed by atoms with van der Waals surface area (Å²) < 4.78 is 23.3. The van der Waals surface area contributed by atoms with E-state index >= 15 is 0 Å². The second kappa shape index (κ2) is 17.7. The van der Waals surface area contributed by atoms with Crippen LogP contribution in [0, 0.1) is 33.5 Å². The summed E-state index contributed by atoms with van der Waals surface area (Å²) in [6.07, 6.45) is 8.21. The van der Waals surface area contributed by atoms with Gasteiger partial charge in [0.2, 0.25) is 0 Å². The molecule has 0 amide bonds. The van der Waals surface area contributed by atoms with E-state index in [9.17, 15) is 38.3 Å². The maximum absolute atomic E-state index is 13.2. The molecule has 2 aliphatic carbocycles. The molecule has 2 aliphatic rings. The molecular weight excluding hydrogens is 705 g/mol. The van der Waals surface area contributed by atoms with Gasteiger partial charge in [-0.3, -0.25) is 18.7 Å². The summed E-state index contributed by atoms with van der Waals surface area (Å²) in [5, 5.41) is 0. The molecule has 2 atom stereocenters. The maximum atomic E-state index is 13.2. The van der Waals surface area contributed by atoms with Crippen LogP contribution >= 0.6 is 15.2 Å². The van der Waals surface area contributed by atoms with Gasteiger partial charge in [0, 0.05) is 39.5 Å². The summed E-state index contributed by atoms with van der Waals surface area (Å²) in [4.78, 5) is 64.5. The van der Waals surface area contributed by atoms with E-state index < -0.39 is 15.2 Å². The van der Waals surface area contributed by atoms with Crippen LogP contribution in [0.5, 0.6) is 0 Å². The Morgan fingerprint density at radius 1 is 0.571 bits per heavy atom. The molecule has 11 heteroatoms. The van der Waals surface area contributed by atoms with Gasteiger partial charge in [0.25, 0.3) is 0 Å². The molecule has 0 aromatic rings. The molecule has 0 bridgehead atoms. The van der Waals surface area contributed by atoms with E-state index in [-0.39, 0.29) is 73.9 Å². The third kappa shape index (κ3) is 14.6. The fourth-order valence-corrected chi connectivity index (χ4v) is 8.11. The van der Waals surface area contributed by atoms with Crippen molar-refractivity contribution < 1.29 is 54.8 Å².